The number of hydrogen-bond donors (Lipinski definition) is 1. The topological polar surface area (TPSA) is 12.0 Å². The number of halogens is 1. The minimum absolute atomic E-state index is 0.527. The standard InChI is InChI=1S/C6H12FN.C2H6/c1-5-2-6(7)4-8-3-5;1-2/h5-6,8H,2-4H2,1H3;1-2H3. The number of piperidine rings is 1. The van der Waals surface area contributed by atoms with Crippen molar-refractivity contribution >= 4 is 0 Å². The summed E-state index contributed by atoms with van der Waals surface area (Å²) in [6, 6.07) is 0. The normalized spacial score (nSPS) is 32.4. The minimum atomic E-state index is -0.598. The highest BCUT2D eigenvalue weighted by Crippen LogP contribution is 2.11. The first-order chi connectivity index (χ1) is 4.79. The molecule has 0 aromatic heterocycles. The van der Waals surface area contributed by atoms with Crippen LogP contribution in [0, 0.1) is 5.92 Å². The Labute approximate surface area is 63.0 Å². The molecule has 0 amide bonds. The summed E-state index contributed by atoms with van der Waals surface area (Å²) in [6.45, 7) is 7.61. The third-order valence-corrected chi connectivity index (χ3v) is 1.52. The Kier molecular flexibility index (Phi) is 5.60. The van der Waals surface area contributed by atoms with E-state index in [9.17, 15) is 4.39 Å². The van der Waals surface area contributed by atoms with E-state index in [1.54, 1.807) is 0 Å². The van der Waals surface area contributed by atoms with Crippen LogP contribution in [-0.4, -0.2) is 19.3 Å². The van der Waals surface area contributed by atoms with E-state index in [2.05, 4.69) is 12.2 Å². The molecule has 1 fully saturated rings. The first kappa shape index (κ1) is 9.89. The summed E-state index contributed by atoms with van der Waals surface area (Å²) in [6.07, 6.45) is 0.145. The van der Waals surface area contributed by atoms with Crippen LogP contribution in [-0.2, 0) is 0 Å². The Balaban J connectivity index is 0.000000371. The van der Waals surface area contributed by atoms with Crippen molar-refractivity contribution in [3.63, 3.8) is 0 Å². The quantitative estimate of drug-likeness (QED) is 0.552. The molecule has 10 heavy (non-hydrogen) atoms. The maximum Gasteiger partial charge on any atom is 0.113 e. The zero-order valence-corrected chi connectivity index (χ0v) is 7.15. The van der Waals surface area contributed by atoms with Crippen molar-refractivity contribution in [2.45, 2.75) is 33.4 Å². The van der Waals surface area contributed by atoms with E-state index in [4.69, 9.17) is 0 Å². The minimum Gasteiger partial charge on any atom is -0.314 e. The van der Waals surface area contributed by atoms with Crippen LogP contribution in [0.4, 0.5) is 4.39 Å². The summed E-state index contributed by atoms with van der Waals surface area (Å²) in [5, 5.41) is 3.01. The van der Waals surface area contributed by atoms with E-state index >= 15 is 0 Å². The van der Waals surface area contributed by atoms with Gasteiger partial charge in [-0.2, -0.15) is 0 Å². The average molecular weight is 147 g/mol. The van der Waals surface area contributed by atoms with Gasteiger partial charge >= 0.3 is 0 Å². The monoisotopic (exact) mass is 147 g/mol. The fraction of sp³-hybridized carbons (Fsp3) is 1.00. The van der Waals surface area contributed by atoms with Crippen molar-refractivity contribution in [2.75, 3.05) is 13.1 Å². The highest BCUT2D eigenvalue weighted by atomic mass is 19.1. The van der Waals surface area contributed by atoms with Gasteiger partial charge in [-0.1, -0.05) is 20.8 Å². The second-order valence-corrected chi connectivity index (χ2v) is 2.60. The molecule has 0 radical (unpaired) electrons. The number of nitrogens with one attached hydrogen (secondary N) is 1. The Bertz CT molecular complexity index is 67.7. The molecule has 1 saturated heterocycles. The van der Waals surface area contributed by atoms with Crippen molar-refractivity contribution in [1.82, 2.24) is 5.32 Å². The Morgan fingerprint density at radius 2 is 1.90 bits per heavy atom. The molecule has 1 heterocycles. The molecule has 2 atom stereocenters. The molecule has 0 aromatic carbocycles. The first-order valence-corrected chi connectivity index (χ1v) is 4.14. The van der Waals surface area contributed by atoms with E-state index in [1.165, 1.54) is 0 Å². The fourth-order valence-corrected chi connectivity index (χ4v) is 1.09. The molecule has 2 unspecified atom stereocenters. The summed E-state index contributed by atoms with van der Waals surface area (Å²) in [5.74, 6) is 0.527. The smallest absolute Gasteiger partial charge is 0.113 e. The lowest BCUT2D eigenvalue weighted by Gasteiger charge is -2.21. The first-order valence-electron chi connectivity index (χ1n) is 4.14. The summed E-state index contributed by atoms with van der Waals surface area (Å²) in [5.41, 5.74) is 0. The van der Waals surface area contributed by atoms with Crippen molar-refractivity contribution < 1.29 is 4.39 Å². The van der Waals surface area contributed by atoms with Crippen molar-refractivity contribution in [3.8, 4) is 0 Å². The lowest BCUT2D eigenvalue weighted by atomic mass is 10.0. The zero-order chi connectivity index (χ0) is 7.98. The molecule has 2 heteroatoms. The molecule has 1 rings (SSSR count). The molecule has 1 nitrogen and oxygen atoms in total. The van der Waals surface area contributed by atoms with E-state index < -0.39 is 6.17 Å². The Morgan fingerprint density at radius 3 is 2.20 bits per heavy atom. The molecule has 0 bridgehead atoms. The van der Waals surface area contributed by atoms with Crippen molar-refractivity contribution in [3.05, 3.63) is 0 Å². The molecule has 1 N–H and O–H groups in total. The van der Waals surface area contributed by atoms with Gasteiger partial charge in [0.1, 0.15) is 6.17 Å². The molecule has 1 aliphatic rings. The van der Waals surface area contributed by atoms with Crippen molar-refractivity contribution in [2.24, 2.45) is 5.92 Å². The van der Waals surface area contributed by atoms with Gasteiger partial charge < -0.3 is 5.32 Å². The van der Waals surface area contributed by atoms with E-state index in [-0.39, 0.29) is 0 Å². The Morgan fingerprint density at radius 1 is 1.30 bits per heavy atom. The third-order valence-electron chi connectivity index (χ3n) is 1.52. The van der Waals surface area contributed by atoms with Gasteiger partial charge in [-0.15, -0.1) is 0 Å². The largest absolute Gasteiger partial charge is 0.314 e. The lowest BCUT2D eigenvalue weighted by Crippen LogP contribution is -2.35. The van der Waals surface area contributed by atoms with E-state index in [1.807, 2.05) is 13.8 Å². The molecule has 1 aliphatic heterocycles. The second-order valence-electron chi connectivity index (χ2n) is 2.60. The van der Waals surface area contributed by atoms with Crippen molar-refractivity contribution in [1.29, 1.82) is 0 Å². The molecular formula is C8H18FN. The van der Waals surface area contributed by atoms with Gasteiger partial charge in [0, 0.05) is 6.54 Å². The van der Waals surface area contributed by atoms with Crippen LogP contribution in [0.1, 0.15) is 27.2 Å². The van der Waals surface area contributed by atoms with Gasteiger partial charge in [-0.3, -0.25) is 0 Å². The summed E-state index contributed by atoms with van der Waals surface area (Å²) in [7, 11) is 0. The predicted octanol–water partition coefficient (Wildman–Crippen LogP) is 1.98. The van der Waals surface area contributed by atoms with Crippen LogP contribution < -0.4 is 5.32 Å². The van der Waals surface area contributed by atoms with Crippen LogP contribution in [0.3, 0.4) is 0 Å². The number of alkyl halides is 1. The van der Waals surface area contributed by atoms with Crippen LogP contribution in [0.5, 0.6) is 0 Å². The van der Waals surface area contributed by atoms with E-state index in [0.717, 1.165) is 13.0 Å². The lowest BCUT2D eigenvalue weighted by molar-refractivity contribution is 0.224. The van der Waals surface area contributed by atoms with Crippen LogP contribution in [0.15, 0.2) is 0 Å². The maximum absolute atomic E-state index is 12.4. The van der Waals surface area contributed by atoms with Gasteiger partial charge in [0.2, 0.25) is 0 Å². The van der Waals surface area contributed by atoms with Gasteiger partial charge in [-0.25, -0.2) is 4.39 Å². The van der Waals surface area contributed by atoms with E-state index in [0.29, 0.717) is 12.5 Å². The number of rotatable bonds is 0. The molecular weight excluding hydrogens is 129 g/mol. The van der Waals surface area contributed by atoms with Gasteiger partial charge in [0.25, 0.3) is 0 Å². The Hall–Kier alpha value is -0.110. The summed E-state index contributed by atoms with van der Waals surface area (Å²) < 4.78 is 12.4. The van der Waals surface area contributed by atoms with Gasteiger partial charge in [0.15, 0.2) is 0 Å². The molecule has 0 aliphatic carbocycles. The summed E-state index contributed by atoms with van der Waals surface area (Å²) >= 11 is 0. The SMILES string of the molecule is CC.CC1CNCC(F)C1. The maximum atomic E-state index is 12.4. The van der Waals surface area contributed by atoms with Crippen LogP contribution in [0.25, 0.3) is 0 Å². The average Bonchev–Trinajstić information content (AvgIpc) is 1.91. The molecule has 62 valence electrons. The summed E-state index contributed by atoms with van der Waals surface area (Å²) in [4.78, 5) is 0. The zero-order valence-electron chi connectivity index (χ0n) is 7.15. The number of hydrogen-bond acceptors (Lipinski definition) is 1. The predicted molar refractivity (Wildman–Crippen MR) is 42.9 cm³/mol. The third kappa shape index (κ3) is 3.83. The molecule has 0 saturated carbocycles. The molecule has 0 aromatic rings. The molecule has 0 spiro atoms. The van der Waals surface area contributed by atoms with Crippen LogP contribution in [0.2, 0.25) is 0 Å². The van der Waals surface area contributed by atoms with Gasteiger partial charge in [-0.05, 0) is 18.9 Å². The highest BCUT2D eigenvalue weighted by Gasteiger charge is 2.16. The highest BCUT2D eigenvalue weighted by molar-refractivity contribution is 4.71. The second kappa shape index (κ2) is 5.66. The fourth-order valence-electron chi connectivity index (χ4n) is 1.09. The van der Waals surface area contributed by atoms with Gasteiger partial charge in [0.05, 0.1) is 0 Å². The van der Waals surface area contributed by atoms with Crippen LogP contribution >= 0.6 is 0 Å².